The lowest BCUT2D eigenvalue weighted by atomic mass is 10.1. The minimum Gasteiger partial charge on any atom is -0.446 e. The molecular weight excluding hydrogens is 356 g/mol. The van der Waals surface area contributed by atoms with E-state index in [-0.39, 0.29) is 12.5 Å². The summed E-state index contributed by atoms with van der Waals surface area (Å²) in [4.78, 5) is 27.9. The maximum absolute atomic E-state index is 12.1. The van der Waals surface area contributed by atoms with Crippen LogP contribution in [0.15, 0.2) is 41.0 Å². The van der Waals surface area contributed by atoms with Crippen molar-refractivity contribution in [1.82, 2.24) is 15.6 Å². The van der Waals surface area contributed by atoms with E-state index in [0.29, 0.717) is 18.9 Å². The van der Waals surface area contributed by atoms with E-state index in [0.717, 1.165) is 37.8 Å². The fraction of sp³-hybridized carbons (Fsp3) is 0.476. The van der Waals surface area contributed by atoms with Crippen molar-refractivity contribution in [1.29, 1.82) is 0 Å². The largest absolute Gasteiger partial charge is 0.446 e. The first-order chi connectivity index (χ1) is 13.6. The van der Waals surface area contributed by atoms with Gasteiger partial charge >= 0.3 is 6.03 Å². The molecule has 2 aromatic rings. The molecule has 1 heterocycles. The number of aryl methyl sites for hydroxylation is 2. The summed E-state index contributed by atoms with van der Waals surface area (Å²) in [7, 11) is 0. The van der Waals surface area contributed by atoms with Gasteiger partial charge in [-0.05, 0) is 24.8 Å². The second kappa shape index (κ2) is 11.8. The Hall–Kier alpha value is -2.83. The molecule has 1 aromatic heterocycles. The molecule has 0 aliphatic carbocycles. The van der Waals surface area contributed by atoms with E-state index >= 15 is 0 Å². The quantitative estimate of drug-likeness (QED) is 0.486. The van der Waals surface area contributed by atoms with Crippen LogP contribution in [0, 0.1) is 0 Å². The fourth-order valence-electron chi connectivity index (χ4n) is 2.88. The van der Waals surface area contributed by atoms with Gasteiger partial charge in [0.15, 0.2) is 0 Å². The molecule has 0 radical (unpaired) electrons. The number of nitrogens with two attached hydrogens (primary N) is 1. The maximum Gasteiger partial charge on any atom is 0.315 e. The Bertz CT molecular complexity index is 730. The average Bonchev–Trinajstić information content (AvgIpc) is 3.15. The number of hydrogen-bond acceptors (Lipinski definition) is 4. The van der Waals surface area contributed by atoms with Gasteiger partial charge in [0, 0.05) is 6.54 Å². The first kappa shape index (κ1) is 21.5. The van der Waals surface area contributed by atoms with Crippen LogP contribution in [0.2, 0.25) is 0 Å². The maximum atomic E-state index is 12.1. The molecule has 0 saturated heterocycles. The third-order valence-corrected chi connectivity index (χ3v) is 4.41. The number of oxazole rings is 1. The van der Waals surface area contributed by atoms with Crippen LogP contribution in [-0.2, 0) is 17.6 Å². The topological polar surface area (TPSA) is 110 Å². The summed E-state index contributed by atoms with van der Waals surface area (Å²) < 4.78 is 5.51. The Morgan fingerprint density at radius 1 is 1.14 bits per heavy atom. The van der Waals surface area contributed by atoms with E-state index in [1.807, 2.05) is 18.2 Å². The van der Waals surface area contributed by atoms with E-state index in [4.69, 9.17) is 10.2 Å². The number of rotatable bonds is 12. The zero-order valence-corrected chi connectivity index (χ0v) is 16.4. The molecule has 0 bridgehead atoms. The molecule has 7 heteroatoms. The minimum atomic E-state index is -0.682. The van der Waals surface area contributed by atoms with E-state index in [1.54, 1.807) is 6.26 Å². The minimum absolute atomic E-state index is 0.0676. The van der Waals surface area contributed by atoms with Crippen molar-refractivity contribution in [2.45, 2.75) is 57.9 Å². The zero-order chi connectivity index (χ0) is 20.2. The predicted molar refractivity (Wildman–Crippen MR) is 108 cm³/mol. The SMILES string of the molecule is CCCCCCNC(=O)N[C@H](CC(N)=O)c1nc(CCc2ccccc2)co1. The summed E-state index contributed by atoms with van der Waals surface area (Å²) in [6.07, 6.45) is 7.33. The van der Waals surface area contributed by atoms with Crippen molar-refractivity contribution in [3.8, 4) is 0 Å². The number of carbonyl (C=O) groups is 2. The van der Waals surface area contributed by atoms with Gasteiger partial charge in [-0.25, -0.2) is 9.78 Å². The lowest BCUT2D eigenvalue weighted by Crippen LogP contribution is -2.39. The molecule has 0 unspecified atom stereocenters. The summed E-state index contributed by atoms with van der Waals surface area (Å²) in [6, 6.07) is 9.05. The van der Waals surface area contributed by atoms with Gasteiger partial charge in [-0.15, -0.1) is 0 Å². The molecule has 0 fully saturated rings. The molecular formula is C21H30N4O3. The zero-order valence-electron chi connectivity index (χ0n) is 16.4. The molecule has 0 saturated carbocycles. The molecule has 1 aromatic carbocycles. The summed E-state index contributed by atoms with van der Waals surface area (Å²) in [5.74, 6) is -0.236. The Kier molecular flexibility index (Phi) is 9.04. The highest BCUT2D eigenvalue weighted by Crippen LogP contribution is 2.17. The van der Waals surface area contributed by atoms with Gasteiger partial charge in [-0.1, -0.05) is 56.5 Å². The standard InChI is InChI=1S/C21H30N4O3/c1-2-3-4-8-13-23-21(27)25-18(14-19(22)26)20-24-17(15-28-20)12-11-16-9-6-5-7-10-16/h5-7,9-10,15,18H,2-4,8,11-14H2,1H3,(H2,22,26)(H2,23,25,27)/t18-/m1/s1. The van der Waals surface area contributed by atoms with Crippen molar-refractivity contribution in [2.75, 3.05) is 6.54 Å². The Labute approximate surface area is 166 Å². The third-order valence-electron chi connectivity index (χ3n) is 4.41. The highest BCUT2D eigenvalue weighted by Gasteiger charge is 2.22. The molecule has 0 spiro atoms. The number of nitrogens with one attached hydrogen (secondary N) is 2. The molecule has 3 amide bonds. The van der Waals surface area contributed by atoms with Gasteiger partial charge in [-0.2, -0.15) is 0 Å². The number of unbranched alkanes of at least 4 members (excludes halogenated alkanes) is 3. The van der Waals surface area contributed by atoms with Crippen molar-refractivity contribution < 1.29 is 14.0 Å². The molecule has 152 valence electrons. The molecule has 0 aliphatic rings. The molecule has 28 heavy (non-hydrogen) atoms. The molecule has 7 nitrogen and oxygen atoms in total. The second-order valence-electron chi connectivity index (χ2n) is 6.85. The van der Waals surface area contributed by atoms with Crippen LogP contribution in [-0.4, -0.2) is 23.5 Å². The summed E-state index contributed by atoms with van der Waals surface area (Å²) in [5.41, 5.74) is 7.31. The number of hydrogen-bond donors (Lipinski definition) is 3. The van der Waals surface area contributed by atoms with E-state index in [1.165, 1.54) is 5.56 Å². The van der Waals surface area contributed by atoms with Crippen LogP contribution in [0.5, 0.6) is 0 Å². The number of benzene rings is 1. The van der Waals surface area contributed by atoms with Crippen molar-refractivity contribution >= 4 is 11.9 Å². The van der Waals surface area contributed by atoms with Gasteiger partial charge in [-0.3, -0.25) is 4.79 Å². The van der Waals surface area contributed by atoms with Gasteiger partial charge in [0.1, 0.15) is 12.3 Å². The van der Waals surface area contributed by atoms with Crippen LogP contribution in [0.3, 0.4) is 0 Å². The van der Waals surface area contributed by atoms with Crippen molar-refractivity contribution in [2.24, 2.45) is 5.73 Å². The highest BCUT2D eigenvalue weighted by molar-refractivity contribution is 5.77. The van der Waals surface area contributed by atoms with Crippen LogP contribution in [0.25, 0.3) is 0 Å². The molecule has 1 atom stereocenters. The Morgan fingerprint density at radius 3 is 2.64 bits per heavy atom. The summed E-state index contributed by atoms with van der Waals surface area (Å²) in [6.45, 7) is 2.72. The number of aromatic nitrogens is 1. The van der Waals surface area contributed by atoms with Gasteiger partial charge in [0.2, 0.25) is 11.8 Å². The fourth-order valence-corrected chi connectivity index (χ4v) is 2.88. The van der Waals surface area contributed by atoms with Gasteiger partial charge in [0.25, 0.3) is 0 Å². The lowest BCUT2D eigenvalue weighted by molar-refractivity contribution is -0.118. The van der Waals surface area contributed by atoms with E-state index < -0.39 is 11.9 Å². The van der Waals surface area contributed by atoms with Crippen LogP contribution >= 0.6 is 0 Å². The predicted octanol–water partition coefficient (Wildman–Crippen LogP) is 3.26. The first-order valence-corrected chi connectivity index (χ1v) is 9.89. The first-order valence-electron chi connectivity index (χ1n) is 9.89. The number of nitrogens with zero attached hydrogens (tertiary/aromatic N) is 1. The molecule has 2 rings (SSSR count). The summed E-state index contributed by atoms with van der Waals surface area (Å²) in [5, 5.41) is 5.53. The molecule has 0 aliphatic heterocycles. The third kappa shape index (κ3) is 7.82. The second-order valence-corrected chi connectivity index (χ2v) is 6.85. The van der Waals surface area contributed by atoms with E-state index in [9.17, 15) is 9.59 Å². The Balaban J connectivity index is 1.88. The van der Waals surface area contributed by atoms with Crippen LogP contribution in [0.1, 0.15) is 62.2 Å². The number of amides is 3. The highest BCUT2D eigenvalue weighted by atomic mass is 16.3. The lowest BCUT2D eigenvalue weighted by Gasteiger charge is -2.14. The van der Waals surface area contributed by atoms with Crippen LogP contribution < -0.4 is 16.4 Å². The normalized spacial score (nSPS) is 11.8. The Morgan fingerprint density at radius 2 is 1.93 bits per heavy atom. The summed E-state index contributed by atoms with van der Waals surface area (Å²) >= 11 is 0. The number of urea groups is 1. The molecule has 4 N–H and O–H groups in total. The smallest absolute Gasteiger partial charge is 0.315 e. The monoisotopic (exact) mass is 386 g/mol. The van der Waals surface area contributed by atoms with Crippen molar-refractivity contribution in [3.63, 3.8) is 0 Å². The number of primary amides is 1. The average molecular weight is 386 g/mol. The van der Waals surface area contributed by atoms with Gasteiger partial charge in [0.05, 0.1) is 12.1 Å². The number of carbonyl (C=O) groups excluding carboxylic acids is 2. The van der Waals surface area contributed by atoms with E-state index in [2.05, 4.69) is 34.7 Å². The van der Waals surface area contributed by atoms with Crippen molar-refractivity contribution in [3.05, 3.63) is 53.7 Å². The van der Waals surface area contributed by atoms with Gasteiger partial charge < -0.3 is 20.8 Å². The van der Waals surface area contributed by atoms with Crippen LogP contribution in [0.4, 0.5) is 4.79 Å².